The summed E-state index contributed by atoms with van der Waals surface area (Å²) in [6, 6.07) is 1.36. The standard InChI is InChI=1S/C17H32N2/c1-17(2)9-8-15(18)14(11-17)12-19-10-4-6-13-5-3-7-16(13)19/h13-16H,3-12,18H2,1-2H3. The van der Waals surface area contributed by atoms with E-state index < -0.39 is 0 Å². The van der Waals surface area contributed by atoms with Crippen molar-refractivity contribution in [3.63, 3.8) is 0 Å². The molecule has 2 heteroatoms. The molecule has 3 aliphatic rings. The van der Waals surface area contributed by atoms with E-state index in [-0.39, 0.29) is 0 Å². The maximum absolute atomic E-state index is 6.43. The normalized spacial score (nSPS) is 43.1. The molecule has 2 saturated carbocycles. The van der Waals surface area contributed by atoms with E-state index in [1.807, 2.05) is 0 Å². The predicted octanol–water partition coefficient (Wildman–Crippen LogP) is 3.40. The van der Waals surface area contributed by atoms with Crippen molar-refractivity contribution in [2.45, 2.75) is 77.3 Å². The lowest BCUT2D eigenvalue weighted by Crippen LogP contribution is -2.50. The van der Waals surface area contributed by atoms with E-state index in [9.17, 15) is 0 Å². The van der Waals surface area contributed by atoms with Crippen LogP contribution in [-0.2, 0) is 0 Å². The highest BCUT2D eigenvalue weighted by Gasteiger charge is 2.39. The monoisotopic (exact) mass is 264 g/mol. The Kier molecular flexibility index (Phi) is 3.92. The van der Waals surface area contributed by atoms with Gasteiger partial charge in [0, 0.05) is 18.6 Å². The molecule has 0 amide bonds. The number of rotatable bonds is 2. The molecule has 3 rings (SSSR count). The lowest BCUT2D eigenvalue weighted by atomic mass is 9.69. The van der Waals surface area contributed by atoms with Crippen molar-refractivity contribution >= 4 is 0 Å². The summed E-state index contributed by atoms with van der Waals surface area (Å²) < 4.78 is 0. The lowest BCUT2D eigenvalue weighted by Gasteiger charge is -2.45. The second-order valence-corrected chi connectivity index (χ2v) is 8.23. The Labute approximate surface area is 119 Å². The molecular formula is C17H32N2. The number of nitrogens with zero attached hydrogens (tertiary/aromatic N) is 1. The van der Waals surface area contributed by atoms with Crippen molar-refractivity contribution in [1.82, 2.24) is 4.90 Å². The first-order valence-electron chi connectivity index (χ1n) is 8.55. The van der Waals surface area contributed by atoms with Crippen LogP contribution in [-0.4, -0.2) is 30.1 Å². The van der Waals surface area contributed by atoms with Crippen LogP contribution < -0.4 is 5.73 Å². The molecule has 4 unspecified atom stereocenters. The van der Waals surface area contributed by atoms with Crippen molar-refractivity contribution < 1.29 is 0 Å². The summed E-state index contributed by atoms with van der Waals surface area (Å²) in [5.74, 6) is 1.75. The van der Waals surface area contributed by atoms with Gasteiger partial charge in [0.2, 0.25) is 0 Å². The van der Waals surface area contributed by atoms with Gasteiger partial charge >= 0.3 is 0 Å². The number of likely N-dealkylation sites (tertiary alicyclic amines) is 1. The molecule has 4 atom stereocenters. The summed E-state index contributed by atoms with van der Waals surface area (Å²) in [6.45, 7) is 7.48. The second-order valence-electron chi connectivity index (χ2n) is 8.23. The van der Waals surface area contributed by atoms with Gasteiger partial charge in [0.05, 0.1) is 0 Å². The van der Waals surface area contributed by atoms with Gasteiger partial charge in [-0.1, -0.05) is 20.3 Å². The minimum absolute atomic E-state index is 0.454. The Morgan fingerprint density at radius 1 is 1.11 bits per heavy atom. The fourth-order valence-corrected chi connectivity index (χ4v) is 5.04. The molecule has 3 fully saturated rings. The van der Waals surface area contributed by atoms with Crippen LogP contribution in [0.25, 0.3) is 0 Å². The van der Waals surface area contributed by atoms with Crippen LogP contribution in [0.2, 0.25) is 0 Å². The van der Waals surface area contributed by atoms with E-state index in [1.165, 1.54) is 64.5 Å². The quantitative estimate of drug-likeness (QED) is 0.828. The van der Waals surface area contributed by atoms with Gasteiger partial charge in [0.1, 0.15) is 0 Å². The van der Waals surface area contributed by atoms with Crippen LogP contribution in [0, 0.1) is 17.3 Å². The van der Waals surface area contributed by atoms with Crippen LogP contribution in [0.5, 0.6) is 0 Å². The van der Waals surface area contributed by atoms with Gasteiger partial charge < -0.3 is 5.73 Å². The number of nitrogens with two attached hydrogens (primary N) is 1. The van der Waals surface area contributed by atoms with Crippen LogP contribution >= 0.6 is 0 Å². The van der Waals surface area contributed by atoms with Gasteiger partial charge in [-0.2, -0.15) is 0 Å². The highest BCUT2D eigenvalue weighted by molar-refractivity contribution is 4.93. The minimum Gasteiger partial charge on any atom is -0.327 e. The Hall–Kier alpha value is -0.0800. The minimum atomic E-state index is 0.454. The lowest BCUT2D eigenvalue weighted by molar-refractivity contribution is 0.0582. The first-order valence-corrected chi connectivity index (χ1v) is 8.55. The Morgan fingerprint density at radius 3 is 2.74 bits per heavy atom. The third-order valence-electron chi connectivity index (χ3n) is 6.15. The second kappa shape index (κ2) is 5.37. The largest absolute Gasteiger partial charge is 0.327 e. The number of piperidine rings is 1. The van der Waals surface area contributed by atoms with Gasteiger partial charge in [-0.25, -0.2) is 0 Å². The van der Waals surface area contributed by atoms with Gasteiger partial charge in [-0.15, -0.1) is 0 Å². The molecule has 0 aromatic carbocycles. The van der Waals surface area contributed by atoms with Crippen molar-refractivity contribution in [3.8, 4) is 0 Å². The van der Waals surface area contributed by atoms with Gasteiger partial charge in [0.15, 0.2) is 0 Å². The molecule has 0 spiro atoms. The van der Waals surface area contributed by atoms with Crippen LogP contribution in [0.4, 0.5) is 0 Å². The molecule has 1 heterocycles. The summed E-state index contributed by atoms with van der Waals surface area (Å²) in [6.07, 6.45) is 11.2. The SMILES string of the molecule is CC1(C)CCC(N)C(CN2CCCC3CCCC32)C1. The summed E-state index contributed by atoms with van der Waals surface area (Å²) in [4.78, 5) is 2.83. The molecule has 19 heavy (non-hydrogen) atoms. The number of fused-ring (bicyclic) bond motifs is 1. The number of hydrogen-bond acceptors (Lipinski definition) is 2. The van der Waals surface area contributed by atoms with E-state index in [1.54, 1.807) is 0 Å². The van der Waals surface area contributed by atoms with Crippen molar-refractivity contribution in [3.05, 3.63) is 0 Å². The molecule has 2 N–H and O–H groups in total. The molecule has 0 aromatic heterocycles. The van der Waals surface area contributed by atoms with Crippen LogP contribution in [0.3, 0.4) is 0 Å². The summed E-state index contributed by atoms with van der Waals surface area (Å²) in [5.41, 5.74) is 6.95. The topological polar surface area (TPSA) is 29.3 Å². The average molecular weight is 264 g/mol. The third kappa shape index (κ3) is 3.00. The molecule has 2 nitrogen and oxygen atoms in total. The zero-order chi connectivity index (χ0) is 13.5. The smallest absolute Gasteiger partial charge is 0.0124 e. The zero-order valence-corrected chi connectivity index (χ0v) is 12.9. The zero-order valence-electron chi connectivity index (χ0n) is 12.9. The Balaban J connectivity index is 1.63. The molecule has 110 valence electrons. The summed E-state index contributed by atoms with van der Waals surface area (Å²) in [7, 11) is 0. The van der Waals surface area contributed by atoms with Gasteiger partial charge in [-0.3, -0.25) is 4.90 Å². The predicted molar refractivity (Wildman–Crippen MR) is 81.0 cm³/mol. The van der Waals surface area contributed by atoms with Crippen molar-refractivity contribution in [2.75, 3.05) is 13.1 Å². The maximum Gasteiger partial charge on any atom is 0.0124 e. The van der Waals surface area contributed by atoms with E-state index in [4.69, 9.17) is 5.73 Å². The number of hydrogen-bond donors (Lipinski definition) is 1. The maximum atomic E-state index is 6.43. The highest BCUT2D eigenvalue weighted by Crippen LogP contribution is 2.41. The van der Waals surface area contributed by atoms with Crippen molar-refractivity contribution in [1.29, 1.82) is 0 Å². The van der Waals surface area contributed by atoms with Gasteiger partial charge in [-0.05, 0) is 68.7 Å². The summed E-state index contributed by atoms with van der Waals surface area (Å²) in [5, 5.41) is 0. The van der Waals surface area contributed by atoms with Crippen LogP contribution in [0.1, 0.15) is 65.2 Å². The Bertz CT molecular complexity index is 312. The first-order chi connectivity index (χ1) is 9.05. The van der Waals surface area contributed by atoms with Crippen LogP contribution in [0.15, 0.2) is 0 Å². The average Bonchev–Trinajstić information content (AvgIpc) is 2.83. The molecule has 0 radical (unpaired) electrons. The molecular weight excluding hydrogens is 232 g/mol. The van der Waals surface area contributed by atoms with Crippen molar-refractivity contribution in [2.24, 2.45) is 23.0 Å². The third-order valence-corrected chi connectivity index (χ3v) is 6.15. The molecule has 1 saturated heterocycles. The van der Waals surface area contributed by atoms with E-state index in [0.717, 1.165) is 17.9 Å². The van der Waals surface area contributed by atoms with E-state index in [2.05, 4.69) is 18.7 Å². The molecule has 2 aliphatic carbocycles. The van der Waals surface area contributed by atoms with Gasteiger partial charge in [0.25, 0.3) is 0 Å². The molecule has 1 aliphatic heterocycles. The fraction of sp³-hybridized carbons (Fsp3) is 1.00. The highest BCUT2D eigenvalue weighted by atomic mass is 15.2. The summed E-state index contributed by atoms with van der Waals surface area (Å²) >= 11 is 0. The van der Waals surface area contributed by atoms with E-state index >= 15 is 0 Å². The Morgan fingerprint density at radius 2 is 1.89 bits per heavy atom. The molecule has 0 bridgehead atoms. The first kappa shape index (κ1) is 13.9. The molecule has 0 aromatic rings. The fourth-order valence-electron chi connectivity index (χ4n) is 5.04. The van der Waals surface area contributed by atoms with E-state index in [0.29, 0.717) is 11.5 Å².